The van der Waals surface area contributed by atoms with E-state index in [1.807, 2.05) is 0 Å². The zero-order valence-electron chi connectivity index (χ0n) is 14.2. The Hall–Kier alpha value is -2.57. The van der Waals surface area contributed by atoms with Crippen molar-refractivity contribution in [3.8, 4) is 0 Å². The second kappa shape index (κ2) is 8.00. The number of amides is 4. The zero-order chi connectivity index (χ0) is 17.6. The predicted molar refractivity (Wildman–Crippen MR) is 94.3 cm³/mol. The number of aryl methyl sites for hydroxylation is 1. The van der Waals surface area contributed by atoms with Crippen molar-refractivity contribution in [1.82, 2.24) is 16.0 Å². The molecule has 2 aliphatic rings. The lowest BCUT2D eigenvalue weighted by atomic mass is 10.0. The van der Waals surface area contributed by atoms with Crippen molar-refractivity contribution in [2.45, 2.75) is 38.1 Å². The van der Waals surface area contributed by atoms with E-state index in [1.165, 1.54) is 11.3 Å². The quantitative estimate of drug-likeness (QED) is 0.693. The summed E-state index contributed by atoms with van der Waals surface area (Å²) in [6, 6.07) is 7.20. The van der Waals surface area contributed by atoms with Gasteiger partial charge in [-0.15, -0.1) is 0 Å². The van der Waals surface area contributed by atoms with Crippen LogP contribution in [0.5, 0.6) is 0 Å². The number of anilines is 1. The van der Waals surface area contributed by atoms with Crippen molar-refractivity contribution in [2.75, 3.05) is 24.5 Å². The van der Waals surface area contributed by atoms with Gasteiger partial charge in [0.25, 0.3) is 0 Å². The van der Waals surface area contributed by atoms with Crippen LogP contribution in [0.4, 0.5) is 10.5 Å². The molecule has 0 spiro atoms. The Labute approximate surface area is 147 Å². The number of para-hydroxylation sites is 1. The van der Waals surface area contributed by atoms with Crippen molar-refractivity contribution in [1.29, 1.82) is 0 Å². The average Bonchev–Trinajstić information content (AvgIpc) is 2.79. The first-order chi connectivity index (χ1) is 12.1. The molecule has 3 rings (SSSR count). The van der Waals surface area contributed by atoms with Gasteiger partial charge in [-0.3, -0.25) is 14.9 Å². The number of fused-ring (bicyclic) bond motifs is 1. The molecular formula is C18H24N4O3. The maximum Gasteiger partial charge on any atom is 0.322 e. The van der Waals surface area contributed by atoms with Crippen LogP contribution >= 0.6 is 0 Å². The molecule has 0 unspecified atom stereocenters. The molecule has 2 heterocycles. The van der Waals surface area contributed by atoms with E-state index in [-0.39, 0.29) is 18.2 Å². The summed E-state index contributed by atoms with van der Waals surface area (Å²) in [7, 11) is 0. The number of urea groups is 1. The summed E-state index contributed by atoms with van der Waals surface area (Å²) in [4.78, 5) is 37.3. The molecule has 0 aliphatic carbocycles. The van der Waals surface area contributed by atoms with E-state index in [1.54, 1.807) is 0 Å². The number of hydrogen-bond acceptors (Lipinski definition) is 4. The minimum absolute atomic E-state index is 0.168. The molecule has 1 atom stereocenters. The molecule has 7 heteroatoms. The van der Waals surface area contributed by atoms with E-state index in [9.17, 15) is 14.4 Å². The molecule has 1 aromatic carbocycles. The van der Waals surface area contributed by atoms with E-state index in [0.29, 0.717) is 13.0 Å². The van der Waals surface area contributed by atoms with Crippen molar-refractivity contribution < 1.29 is 14.4 Å². The highest BCUT2D eigenvalue weighted by atomic mass is 16.2. The van der Waals surface area contributed by atoms with Gasteiger partial charge in [-0.05, 0) is 37.3 Å². The topological polar surface area (TPSA) is 90.5 Å². The van der Waals surface area contributed by atoms with Crippen molar-refractivity contribution in [3.05, 3.63) is 29.8 Å². The first-order valence-corrected chi connectivity index (χ1v) is 8.84. The largest absolute Gasteiger partial charge is 0.371 e. The Bertz CT molecular complexity index is 661. The highest BCUT2D eigenvalue weighted by molar-refractivity contribution is 5.98. The third kappa shape index (κ3) is 4.49. The fourth-order valence-electron chi connectivity index (χ4n) is 3.38. The first-order valence-electron chi connectivity index (χ1n) is 8.84. The molecule has 0 radical (unpaired) electrons. The number of rotatable bonds is 5. The third-order valence-electron chi connectivity index (χ3n) is 4.65. The summed E-state index contributed by atoms with van der Waals surface area (Å²) >= 11 is 0. The van der Waals surface area contributed by atoms with Gasteiger partial charge in [0.2, 0.25) is 11.8 Å². The van der Waals surface area contributed by atoms with E-state index in [0.717, 1.165) is 32.4 Å². The van der Waals surface area contributed by atoms with Crippen molar-refractivity contribution in [3.63, 3.8) is 0 Å². The predicted octanol–water partition coefficient (Wildman–Crippen LogP) is 0.934. The Morgan fingerprint density at radius 2 is 2.08 bits per heavy atom. The molecule has 2 aliphatic heterocycles. The van der Waals surface area contributed by atoms with Gasteiger partial charge in [0.1, 0.15) is 6.04 Å². The number of nitrogens with one attached hydrogen (secondary N) is 3. The van der Waals surface area contributed by atoms with Crippen LogP contribution in [0.2, 0.25) is 0 Å². The number of nitrogens with zero attached hydrogens (tertiary/aromatic N) is 1. The molecule has 1 aromatic rings. The van der Waals surface area contributed by atoms with Gasteiger partial charge in [-0.1, -0.05) is 18.2 Å². The average molecular weight is 344 g/mol. The first kappa shape index (κ1) is 17.3. The Kier molecular flexibility index (Phi) is 5.53. The van der Waals surface area contributed by atoms with E-state index >= 15 is 0 Å². The van der Waals surface area contributed by atoms with Crippen molar-refractivity contribution >= 4 is 23.5 Å². The van der Waals surface area contributed by atoms with Gasteiger partial charge in [0.15, 0.2) is 0 Å². The molecular weight excluding hydrogens is 320 g/mol. The third-order valence-corrected chi connectivity index (χ3v) is 4.65. The van der Waals surface area contributed by atoms with Crippen LogP contribution in [-0.2, 0) is 16.0 Å². The molecule has 0 saturated carbocycles. The van der Waals surface area contributed by atoms with E-state index < -0.39 is 12.1 Å². The fraction of sp³-hybridized carbons (Fsp3) is 0.500. The smallest absolute Gasteiger partial charge is 0.322 e. The molecule has 134 valence electrons. The van der Waals surface area contributed by atoms with Crippen LogP contribution in [0.1, 0.15) is 31.2 Å². The molecule has 25 heavy (non-hydrogen) atoms. The molecule has 0 aromatic heterocycles. The minimum atomic E-state index is -0.651. The number of carbonyl (C=O) groups is 3. The van der Waals surface area contributed by atoms with E-state index in [2.05, 4.69) is 45.1 Å². The lowest BCUT2D eigenvalue weighted by Gasteiger charge is -2.31. The molecule has 0 bridgehead atoms. The van der Waals surface area contributed by atoms with Crippen LogP contribution in [0, 0.1) is 0 Å². The van der Waals surface area contributed by atoms with Crippen LogP contribution in [0.3, 0.4) is 0 Å². The normalized spacial score (nSPS) is 20.2. The van der Waals surface area contributed by atoms with Gasteiger partial charge in [0, 0.05) is 31.7 Å². The fourth-order valence-corrected chi connectivity index (χ4v) is 3.38. The van der Waals surface area contributed by atoms with Crippen molar-refractivity contribution in [2.24, 2.45) is 0 Å². The SMILES string of the molecule is O=C1CC[C@H](C(=O)NCCCN2CCCc3ccccc32)NC(=O)N1. The number of hydrogen-bond donors (Lipinski definition) is 3. The van der Waals surface area contributed by atoms with Crippen LogP contribution in [-0.4, -0.2) is 43.5 Å². The summed E-state index contributed by atoms with van der Waals surface area (Å²) in [6.07, 6.45) is 3.60. The van der Waals surface area contributed by atoms with Gasteiger partial charge < -0.3 is 15.5 Å². The molecule has 7 nitrogen and oxygen atoms in total. The van der Waals surface area contributed by atoms with Gasteiger partial charge >= 0.3 is 6.03 Å². The zero-order valence-corrected chi connectivity index (χ0v) is 14.2. The highest BCUT2D eigenvalue weighted by Gasteiger charge is 2.25. The highest BCUT2D eigenvalue weighted by Crippen LogP contribution is 2.26. The Morgan fingerprint density at radius 1 is 1.24 bits per heavy atom. The molecule has 1 fully saturated rings. The summed E-state index contributed by atoms with van der Waals surface area (Å²) in [6.45, 7) is 2.47. The maximum atomic E-state index is 12.2. The van der Waals surface area contributed by atoms with Gasteiger partial charge in [0.05, 0.1) is 0 Å². The summed E-state index contributed by atoms with van der Waals surface area (Å²) in [5.41, 5.74) is 2.68. The standard InChI is InChI=1S/C18H24N4O3/c23-16-9-8-14(20-18(25)21-16)17(24)19-10-4-12-22-11-3-6-13-5-1-2-7-15(13)22/h1-2,5,7,14H,3-4,6,8-12H2,(H,19,24)(H2,20,21,23,25)/t14-/m1/s1. The van der Waals surface area contributed by atoms with E-state index in [4.69, 9.17) is 0 Å². The maximum absolute atomic E-state index is 12.2. The molecule has 3 N–H and O–H groups in total. The molecule has 1 saturated heterocycles. The Balaban J connectivity index is 1.44. The van der Waals surface area contributed by atoms with Gasteiger partial charge in [-0.25, -0.2) is 4.79 Å². The number of benzene rings is 1. The molecule has 4 amide bonds. The summed E-state index contributed by atoms with van der Waals surface area (Å²) in [5.74, 6) is -0.583. The number of imide groups is 1. The second-order valence-electron chi connectivity index (χ2n) is 6.48. The van der Waals surface area contributed by atoms with Crippen LogP contribution in [0.15, 0.2) is 24.3 Å². The second-order valence-corrected chi connectivity index (χ2v) is 6.48. The lowest BCUT2D eigenvalue weighted by molar-refractivity contribution is -0.123. The summed E-state index contributed by atoms with van der Waals surface area (Å²) < 4.78 is 0. The van der Waals surface area contributed by atoms with Gasteiger partial charge in [-0.2, -0.15) is 0 Å². The monoisotopic (exact) mass is 344 g/mol. The lowest BCUT2D eigenvalue weighted by Crippen LogP contribution is -2.48. The van der Waals surface area contributed by atoms with Crippen LogP contribution < -0.4 is 20.9 Å². The Morgan fingerprint density at radius 3 is 2.96 bits per heavy atom. The minimum Gasteiger partial charge on any atom is -0.371 e. The summed E-state index contributed by atoms with van der Waals surface area (Å²) in [5, 5.41) is 7.55. The number of carbonyl (C=O) groups excluding carboxylic acids is 3. The van der Waals surface area contributed by atoms with Crippen LogP contribution in [0.25, 0.3) is 0 Å².